The van der Waals surface area contributed by atoms with Gasteiger partial charge in [-0.25, -0.2) is 18.9 Å². The molecular formula is C32H39F4N5O5. The minimum absolute atomic E-state index is 0.0561. The second-order valence-corrected chi connectivity index (χ2v) is 13.7. The van der Waals surface area contributed by atoms with Gasteiger partial charge in [0.15, 0.2) is 11.5 Å². The first-order valence-electron chi connectivity index (χ1n) is 15.3. The van der Waals surface area contributed by atoms with Gasteiger partial charge in [0.05, 0.1) is 24.0 Å². The second-order valence-electron chi connectivity index (χ2n) is 13.7. The lowest BCUT2D eigenvalue weighted by molar-refractivity contribution is -0.137. The van der Waals surface area contributed by atoms with Crippen LogP contribution in [0.2, 0.25) is 0 Å². The van der Waals surface area contributed by atoms with Gasteiger partial charge in [-0.1, -0.05) is 6.42 Å². The number of nitrogens with zero attached hydrogens (tertiary/aromatic N) is 5. The van der Waals surface area contributed by atoms with Crippen LogP contribution in [0, 0.1) is 5.82 Å². The average Bonchev–Trinajstić information content (AvgIpc) is 3.28. The van der Waals surface area contributed by atoms with Crippen LogP contribution >= 0.6 is 0 Å². The number of likely N-dealkylation sites (tertiary alicyclic amines) is 1. The molecule has 1 aliphatic carbocycles. The normalized spacial score (nSPS) is 17.9. The molecule has 3 aromatic rings. The molecule has 10 nitrogen and oxygen atoms in total. The highest BCUT2D eigenvalue weighted by molar-refractivity contribution is 5.96. The van der Waals surface area contributed by atoms with E-state index in [4.69, 9.17) is 19.2 Å². The summed E-state index contributed by atoms with van der Waals surface area (Å²) in [5, 5.41) is 4.46. The second kappa shape index (κ2) is 12.3. The molecule has 5 rings (SSSR count). The molecule has 0 bridgehead atoms. The van der Waals surface area contributed by atoms with Crippen molar-refractivity contribution in [3.63, 3.8) is 0 Å². The smallest absolute Gasteiger partial charge is 0.420 e. The molecular weight excluding hydrogens is 610 g/mol. The fourth-order valence-electron chi connectivity index (χ4n) is 5.37. The minimum atomic E-state index is -4.89. The summed E-state index contributed by atoms with van der Waals surface area (Å²) < 4.78 is 74.9. The molecule has 2 aromatic heterocycles. The number of carbonyl (C=O) groups is 2. The van der Waals surface area contributed by atoms with Crippen molar-refractivity contribution in [2.24, 2.45) is 0 Å². The van der Waals surface area contributed by atoms with Gasteiger partial charge in [0.2, 0.25) is 5.88 Å². The van der Waals surface area contributed by atoms with Crippen LogP contribution in [0.25, 0.3) is 5.65 Å². The van der Waals surface area contributed by atoms with E-state index in [1.807, 2.05) is 0 Å². The summed E-state index contributed by atoms with van der Waals surface area (Å²) in [6, 6.07) is 3.22. The lowest BCUT2D eigenvalue weighted by atomic mass is 9.81. The van der Waals surface area contributed by atoms with E-state index in [9.17, 15) is 27.2 Å². The number of halogens is 4. The first kappa shape index (κ1) is 33.3. The van der Waals surface area contributed by atoms with Crippen LogP contribution in [-0.2, 0) is 15.7 Å². The van der Waals surface area contributed by atoms with Crippen molar-refractivity contribution in [2.45, 2.75) is 103 Å². The number of benzene rings is 1. The molecule has 1 aromatic carbocycles. The van der Waals surface area contributed by atoms with Crippen molar-refractivity contribution in [1.29, 1.82) is 0 Å². The Balaban J connectivity index is 1.61. The topological polar surface area (TPSA) is 98.5 Å². The van der Waals surface area contributed by atoms with E-state index >= 15 is 0 Å². The number of aromatic nitrogens is 3. The van der Waals surface area contributed by atoms with Crippen LogP contribution in [0.4, 0.5) is 38.7 Å². The van der Waals surface area contributed by atoms with E-state index in [0.29, 0.717) is 37.2 Å². The number of rotatable bonds is 5. The summed E-state index contributed by atoms with van der Waals surface area (Å²) in [5.74, 6) is -1.05. The van der Waals surface area contributed by atoms with Crippen molar-refractivity contribution in [3.8, 4) is 5.88 Å². The highest BCUT2D eigenvalue weighted by Gasteiger charge is 2.36. The summed E-state index contributed by atoms with van der Waals surface area (Å²) in [6.45, 7) is 10.8. The van der Waals surface area contributed by atoms with E-state index in [-0.39, 0.29) is 24.2 Å². The highest BCUT2D eigenvalue weighted by atomic mass is 19.4. The number of anilines is 2. The molecule has 250 valence electrons. The third kappa shape index (κ3) is 7.64. The van der Waals surface area contributed by atoms with Gasteiger partial charge in [-0.3, -0.25) is 0 Å². The molecule has 2 fully saturated rings. The van der Waals surface area contributed by atoms with E-state index in [1.54, 1.807) is 52.6 Å². The van der Waals surface area contributed by atoms with E-state index < -0.39 is 52.7 Å². The standard InChI is InChI=1S/C32H39F4N5O5/c1-30(2,3)45-28(42)39-12-8-11-23(18-39)44-25-16-26(41-27(38-25)24(17-37-41)19-9-7-10-19)40(29(43)46-31(4,5)6)22-14-20(32(34,35)36)13-21(33)15-22/h13-17,19,23H,7-12,18H2,1-6H3/t23-/m0/s1. The fraction of sp³-hybridized carbons (Fsp3) is 0.562. The molecule has 0 N–H and O–H groups in total. The highest BCUT2D eigenvalue weighted by Crippen LogP contribution is 2.41. The van der Waals surface area contributed by atoms with Gasteiger partial charge in [0.25, 0.3) is 0 Å². The van der Waals surface area contributed by atoms with Crippen molar-refractivity contribution in [2.75, 3.05) is 18.0 Å². The van der Waals surface area contributed by atoms with Crippen molar-refractivity contribution in [3.05, 3.63) is 47.4 Å². The molecule has 2 aliphatic rings. The predicted molar refractivity (Wildman–Crippen MR) is 161 cm³/mol. The van der Waals surface area contributed by atoms with Gasteiger partial charge in [0, 0.05) is 18.2 Å². The quantitative estimate of drug-likeness (QED) is 0.258. The van der Waals surface area contributed by atoms with E-state index in [1.165, 1.54) is 10.6 Å². The summed E-state index contributed by atoms with van der Waals surface area (Å²) in [4.78, 5) is 33.6. The van der Waals surface area contributed by atoms with Crippen LogP contribution in [0.1, 0.15) is 90.7 Å². The summed E-state index contributed by atoms with van der Waals surface area (Å²) in [7, 11) is 0. The first-order valence-corrected chi connectivity index (χ1v) is 15.3. The summed E-state index contributed by atoms with van der Waals surface area (Å²) >= 11 is 0. The molecule has 0 radical (unpaired) electrons. The zero-order valence-corrected chi connectivity index (χ0v) is 26.8. The molecule has 3 heterocycles. The first-order chi connectivity index (χ1) is 21.4. The average molecular weight is 650 g/mol. The summed E-state index contributed by atoms with van der Waals surface area (Å²) in [6.07, 6.45) is -1.28. The molecule has 2 amide bonds. The lowest BCUT2D eigenvalue weighted by Gasteiger charge is -2.34. The Bertz CT molecular complexity index is 1610. The Morgan fingerprint density at radius 3 is 2.24 bits per heavy atom. The number of amides is 2. The largest absolute Gasteiger partial charge is 0.472 e. The fourth-order valence-corrected chi connectivity index (χ4v) is 5.37. The van der Waals surface area contributed by atoms with Crippen LogP contribution in [0.5, 0.6) is 5.88 Å². The Labute approximate surface area is 264 Å². The minimum Gasteiger partial charge on any atom is -0.472 e. The monoisotopic (exact) mass is 649 g/mol. The van der Waals surface area contributed by atoms with Crippen molar-refractivity contribution in [1.82, 2.24) is 19.5 Å². The number of piperidine rings is 1. The van der Waals surface area contributed by atoms with Gasteiger partial charge in [-0.2, -0.15) is 27.8 Å². The number of fused-ring (bicyclic) bond motifs is 1. The zero-order valence-electron chi connectivity index (χ0n) is 26.8. The molecule has 1 saturated heterocycles. The van der Waals surface area contributed by atoms with Gasteiger partial charge >= 0.3 is 18.4 Å². The maximum absolute atomic E-state index is 14.7. The van der Waals surface area contributed by atoms with Gasteiger partial charge < -0.3 is 19.1 Å². The zero-order chi connectivity index (χ0) is 33.6. The maximum Gasteiger partial charge on any atom is 0.420 e. The number of ether oxygens (including phenoxy) is 3. The van der Waals surface area contributed by atoms with Crippen LogP contribution in [0.15, 0.2) is 30.5 Å². The number of hydrogen-bond donors (Lipinski definition) is 0. The van der Waals surface area contributed by atoms with Gasteiger partial charge in [0.1, 0.15) is 23.1 Å². The van der Waals surface area contributed by atoms with E-state index in [0.717, 1.165) is 35.8 Å². The molecule has 1 aliphatic heterocycles. The molecule has 14 heteroatoms. The Morgan fingerprint density at radius 1 is 0.935 bits per heavy atom. The SMILES string of the molecule is CC(C)(C)OC(=O)N1CCC[C@H](Oc2cc(N(C(=O)OC(C)(C)C)c3cc(F)cc(C(F)(F)F)c3)n3ncc(C4CCC4)c3n2)C1. The van der Waals surface area contributed by atoms with Crippen LogP contribution in [-0.4, -0.2) is 62.1 Å². The third-order valence-electron chi connectivity index (χ3n) is 7.59. The van der Waals surface area contributed by atoms with Gasteiger partial charge in [-0.05, 0) is 91.3 Å². The van der Waals surface area contributed by atoms with Crippen LogP contribution in [0.3, 0.4) is 0 Å². The number of alkyl halides is 3. The molecule has 1 saturated carbocycles. The number of hydrogen-bond acceptors (Lipinski definition) is 7. The molecule has 0 unspecified atom stereocenters. The summed E-state index contributed by atoms with van der Waals surface area (Å²) in [5.41, 5.74) is -2.29. The Kier molecular flexibility index (Phi) is 8.86. The van der Waals surface area contributed by atoms with Crippen LogP contribution < -0.4 is 9.64 Å². The predicted octanol–water partition coefficient (Wildman–Crippen LogP) is 8.01. The van der Waals surface area contributed by atoms with Gasteiger partial charge in [-0.15, -0.1) is 0 Å². The van der Waals surface area contributed by atoms with E-state index in [2.05, 4.69) is 5.10 Å². The molecule has 1 atom stereocenters. The van der Waals surface area contributed by atoms with Crippen molar-refractivity contribution < 1.29 is 41.4 Å². The molecule has 0 spiro atoms. The molecule has 46 heavy (non-hydrogen) atoms. The Morgan fingerprint density at radius 2 is 1.63 bits per heavy atom. The third-order valence-corrected chi connectivity index (χ3v) is 7.59. The lowest BCUT2D eigenvalue weighted by Crippen LogP contribution is -2.46. The Hall–Kier alpha value is -4.10. The number of carbonyl (C=O) groups excluding carboxylic acids is 2. The van der Waals surface area contributed by atoms with Crippen molar-refractivity contribution >= 4 is 29.3 Å². The maximum atomic E-state index is 14.7.